The van der Waals surface area contributed by atoms with E-state index in [1.54, 1.807) is 6.07 Å². The molecule has 0 atom stereocenters. The lowest BCUT2D eigenvalue weighted by Gasteiger charge is -2.29. The molecule has 1 heterocycles. The summed E-state index contributed by atoms with van der Waals surface area (Å²) >= 11 is 5.95. The van der Waals surface area contributed by atoms with Crippen molar-refractivity contribution in [2.75, 3.05) is 18.4 Å². The predicted molar refractivity (Wildman–Crippen MR) is 97.4 cm³/mol. The minimum Gasteiger partial charge on any atom is -0.508 e. The van der Waals surface area contributed by atoms with Crippen LogP contribution < -0.4 is 5.32 Å². The summed E-state index contributed by atoms with van der Waals surface area (Å²) in [6.45, 7) is 3.45. The number of hydrogen-bond donors (Lipinski definition) is 3. The number of nitrogens with zero attached hydrogens (tertiary/aromatic N) is 1. The van der Waals surface area contributed by atoms with Crippen molar-refractivity contribution in [2.24, 2.45) is 0 Å². The van der Waals surface area contributed by atoms with Gasteiger partial charge in [-0.1, -0.05) is 23.7 Å². The van der Waals surface area contributed by atoms with Crippen LogP contribution in [0.4, 0.5) is 5.69 Å². The number of phenolic OH excluding ortho intramolecular Hbond substituents is 1. The molecular weight excluding hydrogens is 324 g/mol. The van der Waals surface area contributed by atoms with Gasteiger partial charge in [0.15, 0.2) is 0 Å². The van der Waals surface area contributed by atoms with Crippen LogP contribution in [0.3, 0.4) is 0 Å². The van der Waals surface area contributed by atoms with Crippen LogP contribution >= 0.6 is 11.6 Å². The van der Waals surface area contributed by atoms with E-state index in [-0.39, 0.29) is 11.9 Å². The fourth-order valence-corrected chi connectivity index (χ4v) is 3.26. The number of rotatable bonds is 5. The van der Waals surface area contributed by atoms with Crippen molar-refractivity contribution in [2.45, 2.75) is 32.0 Å². The average molecular weight is 347 g/mol. The van der Waals surface area contributed by atoms with Crippen molar-refractivity contribution in [3.8, 4) is 5.75 Å². The van der Waals surface area contributed by atoms with Gasteiger partial charge in [0.2, 0.25) is 0 Å². The van der Waals surface area contributed by atoms with Crippen molar-refractivity contribution in [1.82, 2.24) is 4.90 Å². The fourth-order valence-electron chi connectivity index (χ4n) is 3.00. The summed E-state index contributed by atoms with van der Waals surface area (Å²) in [5.41, 5.74) is 3.25. The Hall–Kier alpha value is -1.75. The van der Waals surface area contributed by atoms with Crippen LogP contribution in [0.15, 0.2) is 42.5 Å². The minimum absolute atomic E-state index is 0.126. The standard InChI is InChI=1S/C19H23ClN2O2/c20-16-9-15(10-19(24)11-16)12-21-17-3-1-14(2-4-17)13-22-7-5-18(23)6-8-22/h1-4,9-11,18,21,23-24H,5-8,12-13H2. The maximum atomic E-state index is 9.57. The highest BCUT2D eigenvalue weighted by atomic mass is 35.5. The van der Waals surface area contributed by atoms with Crippen LogP contribution in [-0.2, 0) is 13.1 Å². The van der Waals surface area contributed by atoms with Gasteiger partial charge in [-0.25, -0.2) is 0 Å². The van der Waals surface area contributed by atoms with Gasteiger partial charge in [0.1, 0.15) is 5.75 Å². The molecule has 0 saturated carbocycles. The molecule has 0 aliphatic carbocycles. The van der Waals surface area contributed by atoms with Crippen molar-refractivity contribution >= 4 is 17.3 Å². The number of phenols is 1. The Balaban J connectivity index is 1.52. The first-order chi connectivity index (χ1) is 11.6. The summed E-state index contributed by atoms with van der Waals surface area (Å²) in [4.78, 5) is 2.38. The lowest BCUT2D eigenvalue weighted by molar-refractivity contribution is 0.0792. The number of likely N-dealkylation sites (tertiary alicyclic amines) is 1. The quantitative estimate of drug-likeness (QED) is 0.774. The van der Waals surface area contributed by atoms with Crippen LogP contribution in [0.1, 0.15) is 24.0 Å². The molecule has 1 fully saturated rings. The van der Waals surface area contributed by atoms with Gasteiger partial charge in [-0.15, -0.1) is 0 Å². The Labute approximate surface area is 147 Å². The predicted octanol–water partition coefficient (Wildman–Crippen LogP) is 3.61. The maximum Gasteiger partial charge on any atom is 0.117 e. The number of aliphatic hydroxyl groups is 1. The van der Waals surface area contributed by atoms with Crippen LogP contribution in [0.5, 0.6) is 5.75 Å². The molecule has 1 aliphatic rings. The molecule has 24 heavy (non-hydrogen) atoms. The zero-order chi connectivity index (χ0) is 16.9. The van der Waals surface area contributed by atoms with E-state index in [1.165, 1.54) is 11.6 Å². The number of anilines is 1. The lowest BCUT2D eigenvalue weighted by Crippen LogP contribution is -2.35. The van der Waals surface area contributed by atoms with Gasteiger partial charge < -0.3 is 15.5 Å². The van der Waals surface area contributed by atoms with E-state index >= 15 is 0 Å². The number of aliphatic hydroxyl groups excluding tert-OH is 1. The van der Waals surface area contributed by atoms with Crippen molar-refractivity contribution in [3.05, 3.63) is 58.6 Å². The number of aromatic hydroxyl groups is 1. The third-order valence-corrected chi connectivity index (χ3v) is 4.57. The molecule has 2 aromatic carbocycles. The molecular formula is C19H23ClN2O2. The zero-order valence-electron chi connectivity index (χ0n) is 13.6. The molecule has 3 rings (SSSR count). The summed E-state index contributed by atoms with van der Waals surface area (Å²) in [5, 5.41) is 23.0. The Bertz CT molecular complexity index is 647. The highest BCUT2D eigenvalue weighted by Crippen LogP contribution is 2.21. The second kappa shape index (κ2) is 7.88. The van der Waals surface area contributed by atoms with Crippen molar-refractivity contribution < 1.29 is 10.2 Å². The fraction of sp³-hybridized carbons (Fsp3) is 0.368. The molecule has 128 valence electrons. The number of halogens is 1. The van der Waals surface area contributed by atoms with Crippen LogP contribution in [0.25, 0.3) is 0 Å². The second-order valence-electron chi connectivity index (χ2n) is 6.38. The smallest absolute Gasteiger partial charge is 0.117 e. The number of nitrogens with one attached hydrogen (secondary N) is 1. The molecule has 3 N–H and O–H groups in total. The molecule has 0 bridgehead atoms. The summed E-state index contributed by atoms with van der Waals surface area (Å²) < 4.78 is 0. The normalized spacial score (nSPS) is 16.2. The van der Waals surface area contributed by atoms with E-state index in [4.69, 9.17) is 11.6 Å². The van der Waals surface area contributed by atoms with Crippen LogP contribution in [0.2, 0.25) is 5.02 Å². The summed E-state index contributed by atoms with van der Waals surface area (Å²) in [6, 6.07) is 13.5. The first-order valence-electron chi connectivity index (χ1n) is 8.30. The summed E-state index contributed by atoms with van der Waals surface area (Å²) in [6.07, 6.45) is 1.61. The number of hydrogen-bond acceptors (Lipinski definition) is 4. The minimum atomic E-state index is -0.126. The summed E-state index contributed by atoms with van der Waals surface area (Å²) in [5.74, 6) is 0.182. The average Bonchev–Trinajstić information content (AvgIpc) is 2.55. The van der Waals surface area contributed by atoms with Gasteiger partial charge in [-0.2, -0.15) is 0 Å². The largest absolute Gasteiger partial charge is 0.508 e. The second-order valence-corrected chi connectivity index (χ2v) is 6.81. The first-order valence-corrected chi connectivity index (χ1v) is 8.68. The third-order valence-electron chi connectivity index (χ3n) is 4.36. The van der Waals surface area contributed by atoms with Gasteiger partial charge in [-0.05, 0) is 54.3 Å². The van der Waals surface area contributed by atoms with Gasteiger partial charge in [0.05, 0.1) is 6.10 Å². The monoisotopic (exact) mass is 346 g/mol. The highest BCUT2D eigenvalue weighted by molar-refractivity contribution is 6.30. The third kappa shape index (κ3) is 4.87. The lowest BCUT2D eigenvalue weighted by atomic mass is 10.1. The highest BCUT2D eigenvalue weighted by Gasteiger charge is 2.16. The number of benzene rings is 2. The number of piperidine rings is 1. The van der Waals surface area contributed by atoms with Gasteiger partial charge >= 0.3 is 0 Å². The van der Waals surface area contributed by atoms with Gasteiger partial charge in [0.25, 0.3) is 0 Å². The maximum absolute atomic E-state index is 9.57. The molecule has 0 amide bonds. The molecule has 1 aliphatic heterocycles. The molecule has 0 aromatic heterocycles. The van der Waals surface area contributed by atoms with Gasteiger partial charge in [0, 0.05) is 36.9 Å². The Kier molecular flexibility index (Phi) is 5.61. The molecule has 0 radical (unpaired) electrons. The van der Waals surface area contributed by atoms with Gasteiger partial charge in [-0.3, -0.25) is 4.90 Å². The van der Waals surface area contributed by atoms with E-state index in [9.17, 15) is 10.2 Å². The van der Waals surface area contributed by atoms with Crippen molar-refractivity contribution in [3.63, 3.8) is 0 Å². The van der Waals surface area contributed by atoms with Crippen molar-refractivity contribution in [1.29, 1.82) is 0 Å². The van der Waals surface area contributed by atoms with Crippen LogP contribution in [0, 0.1) is 0 Å². The summed E-state index contributed by atoms with van der Waals surface area (Å²) in [7, 11) is 0. The van der Waals surface area contributed by atoms with Crippen LogP contribution in [-0.4, -0.2) is 34.3 Å². The molecule has 2 aromatic rings. The molecule has 0 spiro atoms. The molecule has 0 unspecified atom stereocenters. The van der Waals surface area contributed by atoms with E-state index in [2.05, 4.69) is 34.5 Å². The van der Waals surface area contributed by atoms with E-state index < -0.39 is 0 Å². The first kappa shape index (κ1) is 17.1. The SMILES string of the molecule is Oc1cc(Cl)cc(CNc2ccc(CN3CCC(O)CC3)cc2)c1. The zero-order valence-corrected chi connectivity index (χ0v) is 14.3. The molecule has 1 saturated heterocycles. The van der Waals surface area contributed by atoms with E-state index in [1.807, 2.05) is 6.07 Å². The topological polar surface area (TPSA) is 55.7 Å². The molecule has 5 heteroatoms. The Morgan fingerprint density at radius 3 is 2.42 bits per heavy atom. The Morgan fingerprint density at radius 2 is 1.75 bits per heavy atom. The Morgan fingerprint density at radius 1 is 1.04 bits per heavy atom. The van der Waals surface area contributed by atoms with E-state index in [0.29, 0.717) is 11.6 Å². The molecule has 4 nitrogen and oxygen atoms in total. The van der Waals surface area contributed by atoms with E-state index in [0.717, 1.165) is 43.7 Å².